The molecule has 0 unspecified atom stereocenters. The van der Waals surface area contributed by atoms with Crippen LogP contribution in [0, 0.1) is 29.3 Å². The number of H-pyrrole nitrogens is 1. The lowest BCUT2D eigenvalue weighted by atomic mass is 9.78. The van der Waals surface area contributed by atoms with Gasteiger partial charge in [0.25, 0.3) is 0 Å². The van der Waals surface area contributed by atoms with Crippen molar-refractivity contribution < 1.29 is 18.3 Å². The van der Waals surface area contributed by atoms with E-state index >= 15 is 0 Å². The van der Waals surface area contributed by atoms with E-state index in [9.17, 15) is 18.3 Å². The molecular formula is C21H16F3NO. The van der Waals surface area contributed by atoms with Crippen LogP contribution in [0.5, 0.6) is 0 Å². The van der Waals surface area contributed by atoms with E-state index in [4.69, 9.17) is 0 Å². The van der Waals surface area contributed by atoms with Gasteiger partial charge in [0, 0.05) is 17.9 Å². The molecule has 0 bridgehead atoms. The second-order valence-corrected chi connectivity index (χ2v) is 6.75. The first-order valence-corrected chi connectivity index (χ1v) is 8.43. The summed E-state index contributed by atoms with van der Waals surface area (Å²) in [5.74, 6) is 4.11. The van der Waals surface area contributed by atoms with Gasteiger partial charge in [0.15, 0.2) is 0 Å². The summed E-state index contributed by atoms with van der Waals surface area (Å²) in [6, 6.07) is 7.74. The summed E-state index contributed by atoms with van der Waals surface area (Å²) >= 11 is 0. The third kappa shape index (κ3) is 2.97. The van der Waals surface area contributed by atoms with Crippen LogP contribution in [-0.2, 0) is 0 Å². The summed E-state index contributed by atoms with van der Waals surface area (Å²) in [6.45, 7) is 0. The van der Waals surface area contributed by atoms with Gasteiger partial charge in [-0.15, -0.1) is 0 Å². The first-order chi connectivity index (χ1) is 12.5. The van der Waals surface area contributed by atoms with Gasteiger partial charge in [-0.25, -0.2) is 13.2 Å². The highest BCUT2D eigenvalue weighted by Crippen LogP contribution is 2.35. The number of hydrogen-bond donors (Lipinski definition) is 2. The summed E-state index contributed by atoms with van der Waals surface area (Å²) in [7, 11) is 0. The molecule has 0 atom stereocenters. The van der Waals surface area contributed by atoms with Gasteiger partial charge in [0.05, 0.1) is 22.4 Å². The van der Waals surface area contributed by atoms with E-state index in [1.807, 2.05) is 0 Å². The quantitative estimate of drug-likeness (QED) is 0.630. The Labute approximate surface area is 148 Å². The SMILES string of the molecule is OC1(CC#Cc2c(-c3ccc(F)cc3)[nH]c3c(F)cc(F)cc23)CCC1. The Morgan fingerprint density at radius 2 is 1.77 bits per heavy atom. The summed E-state index contributed by atoms with van der Waals surface area (Å²) in [5.41, 5.74) is 0.947. The molecule has 1 fully saturated rings. The number of halogens is 3. The first-order valence-electron chi connectivity index (χ1n) is 8.43. The Hall–Kier alpha value is -2.71. The van der Waals surface area contributed by atoms with Crippen molar-refractivity contribution in [3.63, 3.8) is 0 Å². The molecule has 3 aromatic rings. The third-order valence-corrected chi connectivity index (χ3v) is 4.87. The maximum absolute atomic E-state index is 14.2. The molecule has 26 heavy (non-hydrogen) atoms. The van der Waals surface area contributed by atoms with Gasteiger partial charge in [-0.3, -0.25) is 0 Å². The molecular weight excluding hydrogens is 339 g/mol. The Morgan fingerprint density at radius 3 is 2.42 bits per heavy atom. The van der Waals surface area contributed by atoms with Crippen LogP contribution in [0.25, 0.3) is 22.2 Å². The zero-order valence-electron chi connectivity index (χ0n) is 13.9. The van der Waals surface area contributed by atoms with E-state index < -0.39 is 17.2 Å². The van der Waals surface area contributed by atoms with Crippen molar-refractivity contribution in [2.45, 2.75) is 31.3 Å². The number of aromatic nitrogens is 1. The number of fused-ring (bicyclic) bond motifs is 1. The first kappa shape index (κ1) is 16.7. The number of aliphatic hydroxyl groups is 1. The van der Waals surface area contributed by atoms with Crippen molar-refractivity contribution in [3.05, 3.63) is 59.4 Å². The van der Waals surface area contributed by atoms with Crippen molar-refractivity contribution in [3.8, 4) is 23.1 Å². The van der Waals surface area contributed by atoms with E-state index in [0.29, 0.717) is 41.5 Å². The molecule has 1 aromatic heterocycles. The lowest BCUT2D eigenvalue weighted by Crippen LogP contribution is -2.35. The van der Waals surface area contributed by atoms with Crippen LogP contribution >= 0.6 is 0 Å². The average Bonchev–Trinajstić information content (AvgIpc) is 2.93. The fraction of sp³-hybridized carbons (Fsp3) is 0.238. The van der Waals surface area contributed by atoms with E-state index in [-0.39, 0.29) is 11.3 Å². The van der Waals surface area contributed by atoms with Crippen LogP contribution in [0.4, 0.5) is 13.2 Å². The van der Waals surface area contributed by atoms with Crippen LogP contribution in [-0.4, -0.2) is 15.7 Å². The molecule has 5 heteroatoms. The highest BCUT2D eigenvalue weighted by Gasteiger charge is 2.33. The molecule has 0 saturated heterocycles. The highest BCUT2D eigenvalue weighted by molar-refractivity contribution is 5.94. The van der Waals surface area contributed by atoms with Crippen LogP contribution in [0.2, 0.25) is 0 Å². The zero-order chi connectivity index (χ0) is 18.3. The minimum absolute atomic E-state index is 0.150. The maximum atomic E-state index is 14.2. The number of aromatic amines is 1. The van der Waals surface area contributed by atoms with E-state index in [0.717, 1.165) is 12.5 Å². The molecule has 1 aliphatic carbocycles. The van der Waals surface area contributed by atoms with Crippen molar-refractivity contribution in [2.24, 2.45) is 0 Å². The van der Waals surface area contributed by atoms with Crippen LogP contribution < -0.4 is 0 Å². The molecule has 1 aliphatic rings. The third-order valence-electron chi connectivity index (χ3n) is 4.87. The van der Waals surface area contributed by atoms with Gasteiger partial charge < -0.3 is 10.1 Å². The Kier molecular flexibility index (Phi) is 4.01. The van der Waals surface area contributed by atoms with Crippen molar-refractivity contribution in [1.82, 2.24) is 4.98 Å². The van der Waals surface area contributed by atoms with Crippen molar-refractivity contribution in [2.75, 3.05) is 0 Å². The number of rotatable bonds is 2. The molecule has 2 nitrogen and oxygen atoms in total. The van der Waals surface area contributed by atoms with Crippen molar-refractivity contribution in [1.29, 1.82) is 0 Å². The van der Waals surface area contributed by atoms with Crippen LogP contribution in [0.15, 0.2) is 36.4 Å². The van der Waals surface area contributed by atoms with Gasteiger partial charge in [0.1, 0.15) is 17.5 Å². The Bertz CT molecular complexity index is 1040. The summed E-state index contributed by atoms with van der Waals surface area (Å²) in [6.07, 6.45) is 2.70. The standard InChI is InChI=1S/C21H16F3NO/c22-14-6-4-13(5-7-14)19-16(3-1-8-21(26)9-2-10-21)17-11-15(23)12-18(24)20(17)25-19/h4-7,11-12,25-26H,2,8-10H2. The van der Waals surface area contributed by atoms with Gasteiger partial charge in [-0.05, 0) is 55.2 Å². The second-order valence-electron chi connectivity index (χ2n) is 6.75. The second kappa shape index (κ2) is 6.22. The maximum Gasteiger partial charge on any atom is 0.150 e. The van der Waals surface area contributed by atoms with Gasteiger partial charge in [-0.1, -0.05) is 11.8 Å². The fourth-order valence-electron chi connectivity index (χ4n) is 3.24. The summed E-state index contributed by atoms with van der Waals surface area (Å²) in [5, 5.41) is 10.5. The average molecular weight is 355 g/mol. The minimum Gasteiger partial charge on any atom is -0.389 e. The van der Waals surface area contributed by atoms with E-state index in [2.05, 4.69) is 16.8 Å². The molecule has 0 aliphatic heterocycles. The summed E-state index contributed by atoms with van der Waals surface area (Å²) in [4.78, 5) is 2.94. The highest BCUT2D eigenvalue weighted by atomic mass is 19.1. The topological polar surface area (TPSA) is 36.0 Å². The summed E-state index contributed by atoms with van der Waals surface area (Å²) < 4.78 is 41.1. The molecule has 132 valence electrons. The predicted octanol–water partition coefficient (Wildman–Crippen LogP) is 4.91. The Balaban J connectivity index is 1.85. The monoisotopic (exact) mass is 355 g/mol. The molecule has 2 N–H and O–H groups in total. The van der Waals surface area contributed by atoms with Crippen molar-refractivity contribution >= 4 is 10.9 Å². The number of hydrogen-bond acceptors (Lipinski definition) is 1. The zero-order valence-corrected chi connectivity index (χ0v) is 13.9. The predicted molar refractivity (Wildman–Crippen MR) is 93.9 cm³/mol. The fourth-order valence-corrected chi connectivity index (χ4v) is 3.24. The molecule has 2 aromatic carbocycles. The molecule has 1 saturated carbocycles. The normalized spacial score (nSPS) is 15.4. The van der Waals surface area contributed by atoms with Gasteiger partial charge >= 0.3 is 0 Å². The Morgan fingerprint density at radius 1 is 1.04 bits per heavy atom. The van der Waals surface area contributed by atoms with E-state index in [1.165, 1.54) is 18.2 Å². The van der Waals surface area contributed by atoms with Crippen LogP contribution in [0.3, 0.4) is 0 Å². The van der Waals surface area contributed by atoms with Gasteiger partial charge in [0.2, 0.25) is 0 Å². The van der Waals surface area contributed by atoms with Gasteiger partial charge in [-0.2, -0.15) is 0 Å². The molecule has 0 spiro atoms. The molecule has 1 heterocycles. The number of benzene rings is 2. The molecule has 0 amide bonds. The minimum atomic E-state index is -0.758. The van der Waals surface area contributed by atoms with Crippen LogP contribution in [0.1, 0.15) is 31.2 Å². The lowest BCUT2D eigenvalue weighted by Gasteiger charge is -2.34. The smallest absolute Gasteiger partial charge is 0.150 e. The largest absolute Gasteiger partial charge is 0.389 e. The van der Waals surface area contributed by atoms with E-state index in [1.54, 1.807) is 12.1 Å². The lowest BCUT2D eigenvalue weighted by molar-refractivity contribution is -0.0280. The molecule has 0 radical (unpaired) electrons. The molecule has 4 rings (SSSR count). The number of nitrogens with one attached hydrogen (secondary N) is 1.